The van der Waals surface area contributed by atoms with E-state index in [0.29, 0.717) is 24.0 Å². The molecule has 1 atom stereocenters. The van der Waals surface area contributed by atoms with E-state index in [1.54, 1.807) is 0 Å². The Kier molecular flexibility index (Phi) is 5.38. The van der Waals surface area contributed by atoms with Gasteiger partial charge in [0.2, 0.25) is 0 Å². The van der Waals surface area contributed by atoms with Gasteiger partial charge in [-0.25, -0.2) is 0 Å². The van der Waals surface area contributed by atoms with E-state index >= 15 is 0 Å². The number of alkyl halides is 3. The molecular formula is C13H17F3OS. The Morgan fingerprint density at radius 3 is 2.11 bits per heavy atom. The maximum atomic E-state index is 12.3. The van der Waals surface area contributed by atoms with Gasteiger partial charge < -0.3 is 4.74 Å². The SMILES string of the molecule is CC(C)C(CS)COc1ccc(C(F)(F)F)cc1. The summed E-state index contributed by atoms with van der Waals surface area (Å²) < 4.78 is 42.5. The third-order valence-electron chi connectivity index (χ3n) is 2.82. The van der Waals surface area contributed by atoms with Crippen LogP contribution in [-0.2, 0) is 6.18 Å². The molecule has 1 unspecified atom stereocenters. The molecule has 0 bridgehead atoms. The zero-order valence-electron chi connectivity index (χ0n) is 10.4. The molecule has 1 nitrogen and oxygen atoms in total. The summed E-state index contributed by atoms with van der Waals surface area (Å²) in [7, 11) is 0. The van der Waals surface area contributed by atoms with Gasteiger partial charge in [0.25, 0.3) is 0 Å². The van der Waals surface area contributed by atoms with Crippen LogP contribution < -0.4 is 4.74 Å². The fourth-order valence-electron chi connectivity index (χ4n) is 1.40. The molecule has 0 saturated carbocycles. The zero-order valence-corrected chi connectivity index (χ0v) is 11.3. The number of halogens is 3. The second-order valence-electron chi connectivity index (χ2n) is 4.52. The molecule has 0 aliphatic rings. The van der Waals surface area contributed by atoms with Crippen molar-refractivity contribution in [1.29, 1.82) is 0 Å². The number of rotatable bonds is 5. The smallest absolute Gasteiger partial charge is 0.416 e. The van der Waals surface area contributed by atoms with Gasteiger partial charge in [0.1, 0.15) is 5.75 Å². The van der Waals surface area contributed by atoms with Crippen LogP contribution >= 0.6 is 12.6 Å². The van der Waals surface area contributed by atoms with E-state index in [1.165, 1.54) is 12.1 Å². The predicted molar refractivity (Wildman–Crippen MR) is 69.1 cm³/mol. The quantitative estimate of drug-likeness (QED) is 0.791. The minimum Gasteiger partial charge on any atom is -0.493 e. The normalized spacial score (nSPS) is 13.7. The van der Waals surface area contributed by atoms with E-state index < -0.39 is 11.7 Å². The van der Waals surface area contributed by atoms with Gasteiger partial charge >= 0.3 is 6.18 Å². The average molecular weight is 278 g/mol. The molecule has 1 aromatic carbocycles. The molecule has 1 rings (SSSR count). The molecule has 0 fully saturated rings. The molecule has 102 valence electrons. The van der Waals surface area contributed by atoms with Crippen molar-refractivity contribution in [3.63, 3.8) is 0 Å². The van der Waals surface area contributed by atoms with E-state index in [9.17, 15) is 13.2 Å². The number of hydrogen-bond acceptors (Lipinski definition) is 2. The van der Waals surface area contributed by atoms with Gasteiger partial charge in [0, 0.05) is 5.92 Å². The highest BCUT2D eigenvalue weighted by atomic mass is 32.1. The molecule has 0 spiro atoms. The number of thiol groups is 1. The lowest BCUT2D eigenvalue weighted by atomic mass is 9.99. The Balaban J connectivity index is 2.59. The lowest BCUT2D eigenvalue weighted by molar-refractivity contribution is -0.137. The van der Waals surface area contributed by atoms with Crippen molar-refractivity contribution in [2.45, 2.75) is 20.0 Å². The first-order valence-electron chi connectivity index (χ1n) is 5.75. The van der Waals surface area contributed by atoms with Crippen molar-refractivity contribution in [3.8, 4) is 5.75 Å². The second kappa shape index (κ2) is 6.36. The highest BCUT2D eigenvalue weighted by Gasteiger charge is 2.30. The molecule has 0 aliphatic carbocycles. The minimum absolute atomic E-state index is 0.288. The molecule has 0 saturated heterocycles. The van der Waals surface area contributed by atoms with E-state index in [1.807, 2.05) is 0 Å². The number of hydrogen-bond donors (Lipinski definition) is 1. The summed E-state index contributed by atoms with van der Waals surface area (Å²) in [5.74, 6) is 1.86. The van der Waals surface area contributed by atoms with Crippen LogP contribution in [0.25, 0.3) is 0 Å². The van der Waals surface area contributed by atoms with Gasteiger partial charge in [0.15, 0.2) is 0 Å². The Hall–Kier alpha value is -0.840. The molecule has 0 aliphatic heterocycles. The van der Waals surface area contributed by atoms with Crippen LogP contribution in [0.4, 0.5) is 13.2 Å². The first kappa shape index (κ1) is 15.2. The maximum Gasteiger partial charge on any atom is 0.416 e. The first-order valence-corrected chi connectivity index (χ1v) is 6.38. The highest BCUT2D eigenvalue weighted by Crippen LogP contribution is 2.30. The number of ether oxygens (including phenoxy) is 1. The summed E-state index contributed by atoms with van der Waals surface area (Å²) in [5, 5.41) is 0. The summed E-state index contributed by atoms with van der Waals surface area (Å²) >= 11 is 4.23. The molecule has 1 aromatic rings. The Bertz CT molecular complexity index is 359. The van der Waals surface area contributed by atoms with Crippen molar-refractivity contribution in [2.24, 2.45) is 11.8 Å². The molecule has 0 radical (unpaired) electrons. The predicted octanol–water partition coefficient (Wildman–Crippen LogP) is 4.29. The van der Waals surface area contributed by atoms with E-state index in [-0.39, 0.29) is 5.92 Å². The molecule has 0 N–H and O–H groups in total. The zero-order chi connectivity index (χ0) is 13.8. The Morgan fingerprint density at radius 2 is 1.72 bits per heavy atom. The number of benzene rings is 1. The average Bonchev–Trinajstić information content (AvgIpc) is 2.29. The van der Waals surface area contributed by atoms with E-state index in [2.05, 4.69) is 26.5 Å². The summed E-state index contributed by atoms with van der Waals surface area (Å²) in [6, 6.07) is 4.75. The summed E-state index contributed by atoms with van der Waals surface area (Å²) in [4.78, 5) is 0. The summed E-state index contributed by atoms with van der Waals surface area (Å²) in [5.41, 5.74) is -0.663. The van der Waals surface area contributed by atoms with Crippen LogP contribution in [0, 0.1) is 11.8 Å². The molecule has 0 amide bonds. The third-order valence-corrected chi connectivity index (χ3v) is 3.29. The molecule has 0 aromatic heterocycles. The van der Waals surface area contributed by atoms with Crippen LogP contribution in [0.15, 0.2) is 24.3 Å². The van der Waals surface area contributed by atoms with Crippen molar-refractivity contribution >= 4 is 12.6 Å². The fraction of sp³-hybridized carbons (Fsp3) is 0.538. The molecule has 0 heterocycles. The van der Waals surface area contributed by atoms with Gasteiger partial charge in [-0.05, 0) is 35.9 Å². The standard InChI is InChI=1S/C13H17F3OS/c1-9(2)10(8-18)7-17-12-5-3-11(4-6-12)13(14,15)16/h3-6,9-10,18H,7-8H2,1-2H3. The van der Waals surface area contributed by atoms with Crippen LogP contribution in [0.1, 0.15) is 19.4 Å². The van der Waals surface area contributed by atoms with Crippen LogP contribution in [0.3, 0.4) is 0 Å². The van der Waals surface area contributed by atoms with Crippen LogP contribution in [-0.4, -0.2) is 12.4 Å². The minimum atomic E-state index is -4.30. The van der Waals surface area contributed by atoms with Gasteiger partial charge in [0.05, 0.1) is 12.2 Å². The first-order chi connectivity index (χ1) is 8.34. The van der Waals surface area contributed by atoms with Crippen molar-refractivity contribution in [2.75, 3.05) is 12.4 Å². The topological polar surface area (TPSA) is 9.23 Å². The Labute approximate surface area is 111 Å². The third kappa shape index (κ3) is 4.44. The van der Waals surface area contributed by atoms with Crippen LogP contribution in [0.5, 0.6) is 5.75 Å². The van der Waals surface area contributed by atoms with Gasteiger partial charge in [-0.15, -0.1) is 0 Å². The monoisotopic (exact) mass is 278 g/mol. The van der Waals surface area contributed by atoms with Gasteiger partial charge in [-0.2, -0.15) is 25.8 Å². The second-order valence-corrected chi connectivity index (χ2v) is 4.88. The van der Waals surface area contributed by atoms with Crippen molar-refractivity contribution < 1.29 is 17.9 Å². The van der Waals surface area contributed by atoms with E-state index in [0.717, 1.165) is 12.1 Å². The maximum absolute atomic E-state index is 12.3. The van der Waals surface area contributed by atoms with E-state index in [4.69, 9.17) is 4.74 Å². The Morgan fingerprint density at radius 1 is 1.17 bits per heavy atom. The van der Waals surface area contributed by atoms with Crippen molar-refractivity contribution in [1.82, 2.24) is 0 Å². The molecular weight excluding hydrogens is 261 g/mol. The van der Waals surface area contributed by atoms with Gasteiger partial charge in [-0.3, -0.25) is 0 Å². The fourth-order valence-corrected chi connectivity index (χ4v) is 1.93. The van der Waals surface area contributed by atoms with Crippen LogP contribution in [0.2, 0.25) is 0 Å². The lowest BCUT2D eigenvalue weighted by Crippen LogP contribution is -2.19. The molecule has 18 heavy (non-hydrogen) atoms. The largest absolute Gasteiger partial charge is 0.493 e. The summed E-state index contributed by atoms with van der Waals surface area (Å²) in [6.07, 6.45) is -4.30. The lowest BCUT2D eigenvalue weighted by Gasteiger charge is -2.19. The molecule has 5 heteroatoms. The van der Waals surface area contributed by atoms with Crippen molar-refractivity contribution in [3.05, 3.63) is 29.8 Å². The summed E-state index contributed by atoms with van der Waals surface area (Å²) in [6.45, 7) is 4.60. The highest BCUT2D eigenvalue weighted by molar-refractivity contribution is 7.80. The van der Waals surface area contributed by atoms with Gasteiger partial charge in [-0.1, -0.05) is 13.8 Å².